The molecule has 1 heterocycles. The summed E-state index contributed by atoms with van der Waals surface area (Å²) >= 11 is 0. The van der Waals surface area contributed by atoms with E-state index in [0.29, 0.717) is 13.1 Å². The maximum absolute atomic E-state index is 5.80. The SMILES string of the molecule is CCNC(=NCc1ccc(OCCCN(C)C)cc1)NCc1c(CC)noc1CC.I. The molecule has 0 fully saturated rings. The Bertz CT molecular complexity index is 753. The summed E-state index contributed by atoms with van der Waals surface area (Å²) in [5.74, 6) is 2.63. The van der Waals surface area contributed by atoms with Crippen molar-refractivity contribution >= 4 is 29.9 Å². The van der Waals surface area contributed by atoms with Crippen molar-refractivity contribution in [3.8, 4) is 5.75 Å². The number of nitrogens with one attached hydrogen (secondary N) is 2. The number of guanidine groups is 1. The summed E-state index contributed by atoms with van der Waals surface area (Å²) in [6.45, 7) is 10.1. The molecule has 1 aromatic heterocycles. The van der Waals surface area contributed by atoms with Crippen LogP contribution in [0.25, 0.3) is 0 Å². The lowest BCUT2D eigenvalue weighted by Gasteiger charge is -2.12. The van der Waals surface area contributed by atoms with Gasteiger partial charge in [-0.1, -0.05) is 31.1 Å². The number of hydrogen-bond donors (Lipinski definition) is 2. The molecule has 31 heavy (non-hydrogen) atoms. The van der Waals surface area contributed by atoms with Crippen molar-refractivity contribution in [1.82, 2.24) is 20.7 Å². The van der Waals surface area contributed by atoms with Gasteiger partial charge in [0, 0.05) is 31.6 Å². The first kappa shape index (κ1) is 27.2. The molecule has 0 bridgehead atoms. The monoisotopic (exact) mass is 543 g/mol. The summed E-state index contributed by atoms with van der Waals surface area (Å²) in [5.41, 5.74) is 3.29. The molecule has 2 rings (SSSR count). The van der Waals surface area contributed by atoms with Crippen LogP contribution in [0.5, 0.6) is 5.75 Å². The molecule has 0 amide bonds. The molecular formula is C23H38IN5O2. The van der Waals surface area contributed by atoms with E-state index >= 15 is 0 Å². The van der Waals surface area contributed by atoms with Crippen LogP contribution in [0.3, 0.4) is 0 Å². The molecule has 0 spiro atoms. The highest BCUT2D eigenvalue weighted by Crippen LogP contribution is 2.16. The standard InChI is InChI=1S/C23H37N5O2.HI/c1-6-21-20(22(7-2)30-27-21)17-26-23(24-8-3)25-16-18-10-12-19(13-11-18)29-15-9-14-28(4)5;/h10-13H,6-9,14-17H2,1-5H3,(H2,24,25,26);1H. The van der Waals surface area contributed by atoms with Crippen molar-refractivity contribution in [2.45, 2.75) is 53.1 Å². The largest absolute Gasteiger partial charge is 0.494 e. The predicted molar refractivity (Wildman–Crippen MR) is 137 cm³/mol. The van der Waals surface area contributed by atoms with Gasteiger partial charge in [-0.05, 0) is 51.6 Å². The molecule has 0 atom stereocenters. The maximum atomic E-state index is 5.80. The van der Waals surface area contributed by atoms with E-state index in [1.54, 1.807) is 0 Å². The second-order valence-electron chi connectivity index (χ2n) is 7.44. The number of halogens is 1. The second kappa shape index (κ2) is 15.1. The Morgan fingerprint density at radius 3 is 2.45 bits per heavy atom. The molecular weight excluding hydrogens is 505 g/mol. The molecule has 2 N–H and O–H groups in total. The van der Waals surface area contributed by atoms with Crippen LogP contribution in [-0.4, -0.2) is 49.8 Å². The Hall–Kier alpha value is -1.81. The molecule has 0 saturated heterocycles. The Morgan fingerprint density at radius 1 is 1.10 bits per heavy atom. The average Bonchev–Trinajstić information content (AvgIpc) is 3.16. The average molecular weight is 543 g/mol. The van der Waals surface area contributed by atoms with E-state index in [0.717, 1.165) is 73.2 Å². The molecule has 0 saturated carbocycles. The molecule has 8 heteroatoms. The van der Waals surface area contributed by atoms with Crippen LogP contribution >= 0.6 is 24.0 Å². The molecule has 7 nitrogen and oxygen atoms in total. The van der Waals surface area contributed by atoms with Crippen LogP contribution < -0.4 is 15.4 Å². The molecule has 0 radical (unpaired) electrons. The first-order valence-corrected chi connectivity index (χ1v) is 10.9. The van der Waals surface area contributed by atoms with E-state index in [9.17, 15) is 0 Å². The van der Waals surface area contributed by atoms with E-state index in [1.165, 1.54) is 0 Å². The van der Waals surface area contributed by atoms with Crippen molar-refractivity contribution in [1.29, 1.82) is 0 Å². The number of hydrogen-bond acceptors (Lipinski definition) is 5. The molecule has 0 aliphatic rings. The van der Waals surface area contributed by atoms with E-state index in [4.69, 9.17) is 14.3 Å². The topological polar surface area (TPSA) is 74.9 Å². The molecule has 2 aromatic rings. The van der Waals surface area contributed by atoms with Gasteiger partial charge < -0.3 is 24.8 Å². The fourth-order valence-electron chi connectivity index (χ4n) is 3.08. The van der Waals surface area contributed by atoms with Crippen LogP contribution in [0.1, 0.15) is 49.8 Å². The lowest BCUT2D eigenvalue weighted by molar-refractivity contribution is 0.281. The molecule has 174 valence electrons. The highest BCUT2D eigenvalue weighted by atomic mass is 127. The third-order valence-electron chi connectivity index (χ3n) is 4.75. The van der Waals surface area contributed by atoms with Crippen molar-refractivity contribution in [3.05, 3.63) is 46.8 Å². The molecule has 0 aliphatic heterocycles. The molecule has 0 aliphatic carbocycles. The Labute approximate surface area is 204 Å². The summed E-state index contributed by atoms with van der Waals surface area (Å²) in [6, 6.07) is 8.16. The first-order chi connectivity index (χ1) is 14.6. The van der Waals surface area contributed by atoms with Gasteiger partial charge in [-0.15, -0.1) is 24.0 Å². The summed E-state index contributed by atoms with van der Waals surface area (Å²) in [5, 5.41) is 10.9. The van der Waals surface area contributed by atoms with Gasteiger partial charge in [0.1, 0.15) is 11.5 Å². The van der Waals surface area contributed by atoms with Gasteiger partial charge in [0.05, 0.1) is 18.8 Å². The van der Waals surface area contributed by atoms with Gasteiger partial charge in [-0.2, -0.15) is 0 Å². The Balaban J connectivity index is 0.00000480. The quantitative estimate of drug-likeness (QED) is 0.183. The van der Waals surface area contributed by atoms with Crippen molar-refractivity contribution < 1.29 is 9.26 Å². The summed E-state index contributed by atoms with van der Waals surface area (Å²) in [6.07, 6.45) is 2.71. The van der Waals surface area contributed by atoms with Gasteiger partial charge in [0.15, 0.2) is 5.96 Å². The second-order valence-corrected chi connectivity index (χ2v) is 7.44. The minimum atomic E-state index is 0. The zero-order chi connectivity index (χ0) is 21.8. The van der Waals surface area contributed by atoms with Crippen LogP contribution in [0, 0.1) is 0 Å². The third-order valence-corrected chi connectivity index (χ3v) is 4.75. The Kier molecular flexibility index (Phi) is 13.2. The lowest BCUT2D eigenvalue weighted by Crippen LogP contribution is -2.37. The summed E-state index contributed by atoms with van der Waals surface area (Å²) < 4.78 is 11.2. The first-order valence-electron chi connectivity index (χ1n) is 10.9. The van der Waals surface area contributed by atoms with Gasteiger partial charge in [0.2, 0.25) is 0 Å². The fraction of sp³-hybridized carbons (Fsp3) is 0.565. The maximum Gasteiger partial charge on any atom is 0.191 e. The van der Waals surface area contributed by atoms with Crippen molar-refractivity contribution in [3.63, 3.8) is 0 Å². The van der Waals surface area contributed by atoms with Gasteiger partial charge in [-0.3, -0.25) is 0 Å². The van der Waals surface area contributed by atoms with Crippen LogP contribution in [-0.2, 0) is 25.9 Å². The number of aromatic nitrogens is 1. The normalized spacial score (nSPS) is 11.4. The minimum Gasteiger partial charge on any atom is -0.494 e. The minimum absolute atomic E-state index is 0. The fourth-order valence-corrected chi connectivity index (χ4v) is 3.08. The number of ether oxygens (including phenoxy) is 1. The number of rotatable bonds is 12. The number of nitrogens with zero attached hydrogens (tertiary/aromatic N) is 3. The smallest absolute Gasteiger partial charge is 0.191 e. The molecule has 1 aromatic carbocycles. The van der Waals surface area contributed by atoms with Crippen LogP contribution in [0.4, 0.5) is 0 Å². The predicted octanol–water partition coefficient (Wildman–Crippen LogP) is 4.00. The highest BCUT2D eigenvalue weighted by molar-refractivity contribution is 14.0. The van der Waals surface area contributed by atoms with Gasteiger partial charge in [0.25, 0.3) is 0 Å². The van der Waals surface area contributed by atoms with E-state index in [2.05, 4.69) is 67.7 Å². The highest BCUT2D eigenvalue weighted by Gasteiger charge is 2.13. The lowest BCUT2D eigenvalue weighted by atomic mass is 10.1. The van der Waals surface area contributed by atoms with Crippen LogP contribution in [0.15, 0.2) is 33.8 Å². The number of aryl methyl sites for hydroxylation is 2. The molecule has 0 unspecified atom stereocenters. The van der Waals surface area contributed by atoms with Crippen molar-refractivity contribution in [2.24, 2.45) is 4.99 Å². The zero-order valence-electron chi connectivity index (χ0n) is 19.5. The van der Waals surface area contributed by atoms with Crippen LogP contribution in [0.2, 0.25) is 0 Å². The van der Waals surface area contributed by atoms with E-state index in [1.807, 2.05) is 12.1 Å². The Morgan fingerprint density at radius 2 is 1.84 bits per heavy atom. The van der Waals surface area contributed by atoms with Crippen molar-refractivity contribution in [2.75, 3.05) is 33.8 Å². The third kappa shape index (κ3) is 9.47. The number of aliphatic imine (C=N–C) groups is 1. The van der Waals surface area contributed by atoms with Gasteiger partial charge >= 0.3 is 0 Å². The summed E-state index contributed by atoms with van der Waals surface area (Å²) in [7, 11) is 4.15. The van der Waals surface area contributed by atoms with E-state index < -0.39 is 0 Å². The van der Waals surface area contributed by atoms with E-state index in [-0.39, 0.29) is 24.0 Å². The summed E-state index contributed by atoms with van der Waals surface area (Å²) in [4.78, 5) is 6.88. The van der Waals surface area contributed by atoms with Gasteiger partial charge in [-0.25, -0.2) is 4.99 Å². The number of benzene rings is 1. The zero-order valence-corrected chi connectivity index (χ0v) is 21.9.